The van der Waals surface area contributed by atoms with Crippen LogP contribution in [0, 0.1) is 0 Å². The summed E-state index contributed by atoms with van der Waals surface area (Å²) < 4.78 is 7.63. The van der Waals surface area contributed by atoms with Crippen molar-refractivity contribution < 1.29 is 0 Å². The molecule has 3 heteroatoms. The summed E-state index contributed by atoms with van der Waals surface area (Å²) in [5, 5.41) is 10.2. The van der Waals surface area contributed by atoms with E-state index in [2.05, 4.69) is 155 Å². The number of thiophene rings is 1. The van der Waals surface area contributed by atoms with E-state index in [9.17, 15) is 0 Å². The van der Waals surface area contributed by atoms with Gasteiger partial charge in [-0.2, -0.15) is 0 Å². The number of fused-ring (bicyclic) bond motifs is 11. The second kappa shape index (κ2) is 8.57. The van der Waals surface area contributed by atoms with Crippen LogP contribution in [-0.2, 0) is 0 Å². The van der Waals surface area contributed by atoms with Gasteiger partial charge in [-0.3, -0.25) is 0 Å². The van der Waals surface area contributed by atoms with E-state index in [0.29, 0.717) is 0 Å². The summed E-state index contributed by atoms with van der Waals surface area (Å²) >= 11 is 1.87. The number of nitrogens with zero attached hydrogens (tertiary/aromatic N) is 2. The molecular weight excluding hydrogens is 541 g/mol. The molecule has 3 aromatic heterocycles. The van der Waals surface area contributed by atoms with Gasteiger partial charge in [0.1, 0.15) is 0 Å². The lowest BCUT2D eigenvalue weighted by molar-refractivity contribution is 1.15. The molecule has 0 saturated carbocycles. The van der Waals surface area contributed by atoms with Gasteiger partial charge < -0.3 is 9.13 Å². The van der Waals surface area contributed by atoms with Gasteiger partial charge >= 0.3 is 0 Å². The molecule has 7 aromatic carbocycles. The van der Waals surface area contributed by atoms with E-state index in [1.165, 1.54) is 85.9 Å². The molecule has 43 heavy (non-hydrogen) atoms. The molecule has 0 radical (unpaired) electrons. The summed E-state index contributed by atoms with van der Waals surface area (Å²) in [6.07, 6.45) is 0. The summed E-state index contributed by atoms with van der Waals surface area (Å²) in [6.45, 7) is 0. The van der Waals surface area contributed by atoms with Crippen LogP contribution in [0.1, 0.15) is 0 Å². The van der Waals surface area contributed by atoms with Crippen LogP contribution in [0.25, 0.3) is 85.9 Å². The molecule has 10 aromatic rings. The van der Waals surface area contributed by atoms with Gasteiger partial charge in [0, 0.05) is 53.1 Å². The van der Waals surface area contributed by atoms with Crippen molar-refractivity contribution >= 4 is 85.9 Å². The summed E-state index contributed by atoms with van der Waals surface area (Å²) in [7, 11) is 0. The van der Waals surface area contributed by atoms with Crippen LogP contribution in [0.2, 0.25) is 0 Å². The molecular formula is C40H24N2S. The predicted molar refractivity (Wildman–Crippen MR) is 186 cm³/mol. The number of aromatic nitrogens is 2. The molecule has 10 rings (SSSR count). The lowest BCUT2D eigenvalue weighted by atomic mass is 10.0. The average Bonchev–Trinajstić information content (AvgIpc) is 3.71. The molecule has 0 fully saturated rings. The fraction of sp³-hybridized carbons (Fsp3) is 0. The Morgan fingerprint density at radius 3 is 1.81 bits per heavy atom. The zero-order valence-corrected chi connectivity index (χ0v) is 24.0. The van der Waals surface area contributed by atoms with E-state index < -0.39 is 0 Å². The second-order valence-corrected chi connectivity index (χ2v) is 12.5. The molecule has 0 N–H and O–H groups in total. The molecule has 0 amide bonds. The monoisotopic (exact) mass is 564 g/mol. The largest absolute Gasteiger partial charge is 0.307 e. The molecule has 0 saturated heterocycles. The fourth-order valence-corrected chi connectivity index (χ4v) is 8.29. The topological polar surface area (TPSA) is 9.86 Å². The normalized spacial score (nSPS) is 12.2. The van der Waals surface area contributed by atoms with Crippen molar-refractivity contribution in [3.05, 3.63) is 146 Å². The highest BCUT2D eigenvalue weighted by Crippen LogP contribution is 2.43. The standard InChI is InChI=1S/C40H24N2S/c1-2-12-27(13-3-1)41-36-23-26-11-5-4-10-25(26)22-33(36)32-20-19-31-29-14-6-8-16-35(29)42(39(31)40(32)41)28-18-21-38-34(24-28)30-15-7-9-17-37(30)43-38/h1-24H. The molecule has 0 aliphatic rings. The fourth-order valence-electron chi connectivity index (χ4n) is 7.20. The maximum atomic E-state index is 2.50. The first-order valence-electron chi connectivity index (χ1n) is 14.7. The molecule has 0 aliphatic heterocycles. The number of hydrogen-bond donors (Lipinski definition) is 0. The number of hydrogen-bond acceptors (Lipinski definition) is 1. The van der Waals surface area contributed by atoms with Crippen molar-refractivity contribution in [3.8, 4) is 11.4 Å². The van der Waals surface area contributed by atoms with Crippen molar-refractivity contribution in [1.82, 2.24) is 9.13 Å². The Bertz CT molecular complexity index is 2720. The van der Waals surface area contributed by atoms with Crippen LogP contribution >= 0.6 is 11.3 Å². The van der Waals surface area contributed by atoms with Gasteiger partial charge in [-0.1, -0.05) is 91.0 Å². The summed E-state index contributed by atoms with van der Waals surface area (Å²) in [5.74, 6) is 0. The molecule has 0 spiro atoms. The van der Waals surface area contributed by atoms with Crippen LogP contribution in [-0.4, -0.2) is 9.13 Å². The van der Waals surface area contributed by atoms with Crippen LogP contribution < -0.4 is 0 Å². The average molecular weight is 565 g/mol. The third-order valence-corrected chi connectivity index (χ3v) is 10.2. The first-order chi connectivity index (χ1) is 21.3. The van der Waals surface area contributed by atoms with Crippen molar-refractivity contribution in [2.75, 3.05) is 0 Å². The maximum absolute atomic E-state index is 2.50. The lowest BCUT2D eigenvalue weighted by Gasteiger charge is -2.13. The van der Waals surface area contributed by atoms with Crippen molar-refractivity contribution in [1.29, 1.82) is 0 Å². The summed E-state index contributed by atoms with van der Waals surface area (Å²) in [4.78, 5) is 0. The van der Waals surface area contributed by atoms with Crippen molar-refractivity contribution in [3.63, 3.8) is 0 Å². The lowest BCUT2D eigenvalue weighted by Crippen LogP contribution is -1.98. The zero-order chi connectivity index (χ0) is 28.1. The second-order valence-electron chi connectivity index (χ2n) is 11.4. The third kappa shape index (κ3) is 3.17. The zero-order valence-electron chi connectivity index (χ0n) is 23.2. The van der Waals surface area contributed by atoms with E-state index in [1.807, 2.05) is 11.3 Å². The Morgan fingerprint density at radius 2 is 0.977 bits per heavy atom. The first kappa shape index (κ1) is 23.2. The molecule has 2 nitrogen and oxygen atoms in total. The number of para-hydroxylation sites is 2. The van der Waals surface area contributed by atoms with Crippen molar-refractivity contribution in [2.24, 2.45) is 0 Å². The van der Waals surface area contributed by atoms with Gasteiger partial charge in [0.15, 0.2) is 0 Å². The Morgan fingerprint density at radius 1 is 0.349 bits per heavy atom. The van der Waals surface area contributed by atoms with Gasteiger partial charge in [0.25, 0.3) is 0 Å². The molecule has 0 atom stereocenters. The Kier molecular flexibility index (Phi) is 4.63. The number of benzene rings is 7. The highest BCUT2D eigenvalue weighted by Gasteiger charge is 2.22. The van der Waals surface area contributed by atoms with Gasteiger partial charge in [-0.05, 0) is 65.4 Å². The quantitative estimate of drug-likeness (QED) is 0.198. The van der Waals surface area contributed by atoms with Gasteiger partial charge in [-0.25, -0.2) is 0 Å². The van der Waals surface area contributed by atoms with E-state index in [1.54, 1.807) is 0 Å². The molecule has 3 heterocycles. The Balaban J connectivity index is 1.44. The van der Waals surface area contributed by atoms with Crippen LogP contribution in [0.4, 0.5) is 0 Å². The van der Waals surface area contributed by atoms with Crippen LogP contribution in [0.5, 0.6) is 0 Å². The number of rotatable bonds is 2. The summed E-state index contributed by atoms with van der Waals surface area (Å²) in [6, 6.07) is 53.5. The van der Waals surface area contributed by atoms with E-state index in [4.69, 9.17) is 0 Å². The highest BCUT2D eigenvalue weighted by atomic mass is 32.1. The summed E-state index contributed by atoms with van der Waals surface area (Å²) in [5.41, 5.74) is 7.27. The maximum Gasteiger partial charge on any atom is 0.0788 e. The molecule has 0 unspecified atom stereocenters. The van der Waals surface area contributed by atoms with E-state index in [-0.39, 0.29) is 0 Å². The third-order valence-electron chi connectivity index (χ3n) is 9.06. The van der Waals surface area contributed by atoms with Gasteiger partial charge in [-0.15, -0.1) is 11.3 Å². The highest BCUT2D eigenvalue weighted by molar-refractivity contribution is 7.25. The van der Waals surface area contributed by atoms with Crippen LogP contribution in [0.3, 0.4) is 0 Å². The minimum atomic E-state index is 1.17. The SMILES string of the molecule is c1ccc(-n2c3cc4ccccc4cc3c3ccc4c5ccccc5n(-c5ccc6sc7ccccc7c6c5)c4c32)cc1. The van der Waals surface area contributed by atoms with E-state index >= 15 is 0 Å². The minimum absolute atomic E-state index is 1.17. The van der Waals surface area contributed by atoms with Crippen molar-refractivity contribution in [2.45, 2.75) is 0 Å². The Labute approximate surface area is 251 Å². The molecule has 200 valence electrons. The predicted octanol–water partition coefficient (Wildman–Crippen LogP) is 11.4. The minimum Gasteiger partial charge on any atom is -0.307 e. The van der Waals surface area contributed by atoms with Gasteiger partial charge in [0.2, 0.25) is 0 Å². The van der Waals surface area contributed by atoms with Crippen LogP contribution in [0.15, 0.2) is 146 Å². The molecule has 0 aliphatic carbocycles. The Hall–Kier alpha value is -5.38. The first-order valence-corrected chi connectivity index (χ1v) is 15.5. The van der Waals surface area contributed by atoms with E-state index in [0.717, 1.165) is 0 Å². The van der Waals surface area contributed by atoms with Gasteiger partial charge in [0.05, 0.1) is 22.1 Å². The smallest absolute Gasteiger partial charge is 0.0788 e. The molecule has 0 bridgehead atoms.